The van der Waals surface area contributed by atoms with Crippen molar-refractivity contribution in [2.24, 2.45) is 0 Å². The van der Waals surface area contributed by atoms with E-state index >= 15 is 0 Å². The van der Waals surface area contributed by atoms with E-state index in [1.807, 2.05) is 6.92 Å². The normalized spacial score (nSPS) is 10.3. The lowest BCUT2D eigenvalue weighted by molar-refractivity contribution is -0.140. The summed E-state index contributed by atoms with van der Waals surface area (Å²) >= 11 is 0. The van der Waals surface area contributed by atoms with Gasteiger partial charge in [-0.2, -0.15) is 0 Å². The predicted octanol–water partition coefficient (Wildman–Crippen LogP) is 5.42. The predicted molar refractivity (Wildman–Crippen MR) is 141 cm³/mol. The van der Waals surface area contributed by atoms with Gasteiger partial charge in [0.05, 0.1) is 6.61 Å². The zero-order valence-electron chi connectivity index (χ0n) is 22.0. The summed E-state index contributed by atoms with van der Waals surface area (Å²) in [5.41, 5.74) is 2.60. The Morgan fingerprint density at radius 1 is 0.711 bits per heavy atom. The summed E-state index contributed by atoms with van der Waals surface area (Å²) in [6, 6.07) is 9.59. The largest absolute Gasteiger partial charge is 0.486 e. The zero-order valence-corrected chi connectivity index (χ0v) is 22.0. The standard InChI is InChI=1S/C29H33FO8/c1-19(2)17-33-18-38-25-9-7-22(15-24(25)30)23-8-10-26(34-11-13-36-28(31)20(3)4)27(16-23)35-12-14-37-29(32)21(5)6/h7-10,15-16H,1,3,5,11-14,17-18H2,2,4,6H3. The van der Waals surface area contributed by atoms with Crippen LogP contribution in [0.25, 0.3) is 11.1 Å². The van der Waals surface area contributed by atoms with Crippen LogP contribution in [-0.4, -0.2) is 51.8 Å². The molecule has 0 spiro atoms. The summed E-state index contributed by atoms with van der Waals surface area (Å²) in [5, 5.41) is 0. The fourth-order valence-electron chi connectivity index (χ4n) is 2.86. The van der Waals surface area contributed by atoms with Crippen molar-refractivity contribution in [1.29, 1.82) is 0 Å². The Bertz CT molecular complexity index is 1170. The van der Waals surface area contributed by atoms with Crippen molar-refractivity contribution in [2.45, 2.75) is 20.8 Å². The second-order valence-electron chi connectivity index (χ2n) is 8.40. The summed E-state index contributed by atoms with van der Waals surface area (Å²) in [6.07, 6.45) is 0. The second-order valence-corrected chi connectivity index (χ2v) is 8.40. The molecule has 9 heteroatoms. The minimum Gasteiger partial charge on any atom is -0.486 e. The van der Waals surface area contributed by atoms with Gasteiger partial charge in [-0.25, -0.2) is 14.0 Å². The summed E-state index contributed by atoms with van der Waals surface area (Å²) in [7, 11) is 0. The highest BCUT2D eigenvalue weighted by Crippen LogP contribution is 2.34. The van der Waals surface area contributed by atoms with E-state index in [1.54, 1.807) is 38.1 Å². The first kappa shape index (κ1) is 30.1. The molecule has 0 aliphatic heterocycles. The van der Waals surface area contributed by atoms with Crippen LogP contribution in [0, 0.1) is 5.82 Å². The van der Waals surface area contributed by atoms with E-state index in [0.29, 0.717) is 29.2 Å². The first-order valence-corrected chi connectivity index (χ1v) is 11.8. The molecule has 2 rings (SSSR count). The lowest BCUT2D eigenvalue weighted by Crippen LogP contribution is -2.14. The Labute approximate surface area is 222 Å². The van der Waals surface area contributed by atoms with Gasteiger partial charge < -0.3 is 28.4 Å². The maximum Gasteiger partial charge on any atom is 0.333 e. The van der Waals surface area contributed by atoms with Crippen LogP contribution < -0.4 is 14.2 Å². The van der Waals surface area contributed by atoms with Crippen molar-refractivity contribution in [3.8, 4) is 28.4 Å². The maximum atomic E-state index is 14.7. The van der Waals surface area contributed by atoms with Crippen molar-refractivity contribution in [3.05, 3.63) is 78.7 Å². The van der Waals surface area contributed by atoms with Crippen LogP contribution in [0.5, 0.6) is 17.2 Å². The molecule has 0 aliphatic rings. The number of rotatable bonds is 16. The smallest absolute Gasteiger partial charge is 0.333 e. The molecule has 38 heavy (non-hydrogen) atoms. The quantitative estimate of drug-likeness (QED) is 0.0939. The molecule has 0 aliphatic carbocycles. The van der Waals surface area contributed by atoms with Gasteiger partial charge in [0.1, 0.15) is 26.4 Å². The molecule has 0 aromatic heterocycles. The Morgan fingerprint density at radius 3 is 1.76 bits per heavy atom. The second kappa shape index (κ2) is 15.2. The first-order valence-electron chi connectivity index (χ1n) is 11.8. The highest BCUT2D eigenvalue weighted by atomic mass is 19.1. The molecule has 2 aromatic carbocycles. The summed E-state index contributed by atoms with van der Waals surface area (Å²) in [5.74, 6) is -0.862. The van der Waals surface area contributed by atoms with E-state index in [0.717, 1.165) is 5.57 Å². The molecule has 0 N–H and O–H groups in total. The molecule has 2 aromatic rings. The fraction of sp³-hybridized carbons (Fsp3) is 0.310. The molecule has 0 unspecified atom stereocenters. The molecule has 0 fully saturated rings. The van der Waals surface area contributed by atoms with E-state index in [2.05, 4.69) is 19.7 Å². The van der Waals surface area contributed by atoms with Gasteiger partial charge in [-0.05, 0) is 56.2 Å². The molecule has 0 saturated heterocycles. The number of benzene rings is 2. The molecule has 8 nitrogen and oxygen atoms in total. The Morgan fingerprint density at radius 2 is 1.24 bits per heavy atom. The zero-order chi connectivity index (χ0) is 28.1. The average Bonchev–Trinajstić information content (AvgIpc) is 2.87. The Kier molecular flexibility index (Phi) is 12.1. The number of hydrogen-bond donors (Lipinski definition) is 0. The number of hydrogen-bond acceptors (Lipinski definition) is 8. The lowest BCUT2D eigenvalue weighted by atomic mass is 10.0. The van der Waals surface area contributed by atoms with Crippen molar-refractivity contribution < 1.29 is 42.4 Å². The molecule has 0 saturated carbocycles. The van der Waals surface area contributed by atoms with Gasteiger partial charge in [-0.3, -0.25) is 0 Å². The maximum absolute atomic E-state index is 14.7. The average molecular weight is 529 g/mol. The minimum absolute atomic E-state index is 0.00582. The minimum atomic E-state index is -0.560. The SMILES string of the molecule is C=C(C)COCOc1ccc(-c2ccc(OCCOC(=O)C(=C)C)c(OCCOC(=O)C(=C)C)c2)cc1F. The third-order valence-electron chi connectivity index (χ3n) is 4.70. The van der Waals surface area contributed by atoms with E-state index in [-0.39, 0.29) is 50.1 Å². The molecule has 0 atom stereocenters. The highest BCUT2D eigenvalue weighted by molar-refractivity contribution is 5.87. The molecule has 204 valence electrons. The van der Waals surface area contributed by atoms with Crippen LogP contribution in [0.2, 0.25) is 0 Å². The number of esters is 2. The van der Waals surface area contributed by atoms with Gasteiger partial charge in [-0.15, -0.1) is 0 Å². The van der Waals surface area contributed by atoms with Gasteiger partial charge in [-0.1, -0.05) is 37.4 Å². The lowest BCUT2D eigenvalue weighted by Gasteiger charge is -2.15. The topological polar surface area (TPSA) is 89.5 Å². The van der Waals surface area contributed by atoms with Crippen LogP contribution in [0.1, 0.15) is 20.8 Å². The molecular weight excluding hydrogens is 495 g/mol. The van der Waals surface area contributed by atoms with Gasteiger partial charge in [0.2, 0.25) is 0 Å². The van der Waals surface area contributed by atoms with Crippen LogP contribution >= 0.6 is 0 Å². The van der Waals surface area contributed by atoms with Crippen molar-refractivity contribution in [2.75, 3.05) is 39.8 Å². The molecule has 0 amide bonds. The molecule has 0 heterocycles. The van der Waals surface area contributed by atoms with Crippen molar-refractivity contribution in [3.63, 3.8) is 0 Å². The summed E-state index contributed by atoms with van der Waals surface area (Å²) in [6.45, 7) is 16.0. The summed E-state index contributed by atoms with van der Waals surface area (Å²) in [4.78, 5) is 23.2. The Balaban J connectivity index is 2.13. The van der Waals surface area contributed by atoms with Crippen LogP contribution in [0.15, 0.2) is 72.9 Å². The van der Waals surface area contributed by atoms with Crippen LogP contribution in [0.3, 0.4) is 0 Å². The summed E-state index contributed by atoms with van der Waals surface area (Å²) < 4.78 is 46.9. The van der Waals surface area contributed by atoms with Crippen LogP contribution in [0.4, 0.5) is 4.39 Å². The van der Waals surface area contributed by atoms with E-state index < -0.39 is 17.8 Å². The van der Waals surface area contributed by atoms with E-state index in [4.69, 9.17) is 28.4 Å². The molecule has 0 radical (unpaired) electrons. The third kappa shape index (κ3) is 10.1. The third-order valence-corrected chi connectivity index (χ3v) is 4.70. The highest BCUT2D eigenvalue weighted by Gasteiger charge is 2.13. The van der Waals surface area contributed by atoms with Gasteiger partial charge in [0.25, 0.3) is 0 Å². The number of carbonyl (C=O) groups excluding carboxylic acids is 2. The first-order chi connectivity index (χ1) is 18.1. The Hall–Kier alpha value is -4.11. The number of ether oxygens (including phenoxy) is 6. The van der Waals surface area contributed by atoms with E-state index in [9.17, 15) is 14.0 Å². The van der Waals surface area contributed by atoms with Gasteiger partial charge in [0, 0.05) is 11.1 Å². The fourth-order valence-corrected chi connectivity index (χ4v) is 2.86. The van der Waals surface area contributed by atoms with Crippen molar-refractivity contribution >= 4 is 11.9 Å². The van der Waals surface area contributed by atoms with Crippen LogP contribution in [-0.2, 0) is 23.8 Å². The van der Waals surface area contributed by atoms with Gasteiger partial charge >= 0.3 is 11.9 Å². The monoisotopic (exact) mass is 528 g/mol. The number of carbonyl (C=O) groups is 2. The van der Waals surface area contributed by atoms with Crippen molar-refractivity contribution in [1.82, 2.24) is 0 Å². The molecule has 0 bridgehead atoms. The van der Waals surface area contributed by atoms with Gasteiger partial charge in [0.15, 0.2) is 29.9 Å². The molecular formula is C29H33FO8. The van der Waals surface area contributed by atoms with E-state index in [1.165, 1.54) is 12.1 Å². The number of halogens is 1.